The SMILES string of the molecule is CNC(c1csc(C)c1)c1cccs1. The highest BCUT2D eigenvalue weighted by atomic mass is 32.1. The van der Waals surface area contributed by atoms with Crippen LogP contribution in [-0.2, 0) is 0 Å². The molecule has 0 aliphatic heterocycles. The van der Waals surface area contributed by atoms with Crippen LogP contribution in [0.1, 0.15) is 21.4 Å². The zero-order valence-corrected chi connectivity index (χ0v) is 9.91. The van der Waals surface area contributed by atoms with Gasteiger partial charge in [-0.1, -0.05) is 6.07 Å². The van der Waals surface area contributed by atoms with Crippen molar-refractivity contribution in [1.82, 2.24) is 5.32 Å². The third kappa shape index (κ3) is 1.90. The van der Waals surface area contributed by atoms with Gasteiger partial charge in [0.25, 0.3) is 0 Å². The number of rotatable bonds is 3. The fourth-order valence-electron chi connectivity index (χ4n) is 1.54. The number of hydrogen-bond acceptors (Lipinski definition) is 3. The van der Waals surface area contributed by atoms with E-state index in [0.717, 1.165) is 0 Å². The van der Waals surface area contributed by atoms with Gasteiger partial charge in [0.1, 0.15) is 0 Å². The van der Waals surface area contributed by atoms with Crippen molar-refractivity contribution in [3.05, 3.63) is 44.3 Å². The van der Waals surface area contributed by atoms with Gasteiger partial charge in [-0.15, -0.1) is 22.7 Å². The molecule has 74 valence electrons. The molecular weight excluding hydrogens is 210 g/mol. The van der Waals surface area contributed by atoms with Crippen LogP contribution in [0.2, 0.25) is 0 Å². The predicted molar refractivity (Wildman–Crippen MR) is 64.3 cm³/mol. The molecule has 1 nitrogen and oxygen atoms in total. The van der Waals surface area contributed by atoms with E-state index in [1.54, 1.807) is 11.3 Å². The Morgan fingerprint density at radius 2 is 2.21 bits per heavy atom. The summed E-state index contributed by atoms with van der Waals surface area (Å²) >= 11 is 3.61. The number of aryl methyl sites for hydroxylation is 1. The third-order valence-corrected chi connectivity index (χ3v) is 4.02. The second kappa shape index (κ2) is 4.26. The highest BCUT2D eigenvalue weighted by Crippen LogP contribution is 2.28. The normalized spacial score (nSPS) is 13.0. The summed E-state index contributed by atoms with van der Waals surface area (Å²) in [4.78, 5) is 2.75. The number of thiophene rings is 2. The predicted octanol–water partition coefficient (Wildman–Crippen LogP) is 3.43. The average Bonchev–Trinajstić information content (AvgIpc) is 2.79. The Kier molecular flexibility index (Phi) is 3.01. The molecule has 2 aromatic rings. The summed E-state index contributed by atoms with van der Waals surface area (Å²) in [6.45, 7) is 2.15. The Labute approximate surface area is 92.4 Å². The molecule has 0 aliphatic rings. The van der Waals surface area contributed by atoms with E-state index >= 15 is 0 Å². The lowest BCUT2D eigenvalue weighted by Gasteiger charge is -2.12. The van der Waals surface area contributed by atoms with Crippen LogP contribution in [0.15, 0.2) is 29.0 Å². The van der Waals surface area contributed by atoms with Crippen molar-refractivity contribution in [3.8, 4) is 0 Å². The van der Waals surface area contributed by atoms with Crippen LogP contribution in [0.4, 0.5) is 0 Å². The fourth-order valence-corrected chi connectivity index (χ4v) is 3.14. The monoisotopic (exact) mass is 223 g/mol. The smallest absolute Gasteiger partial charge is 0.0676 e. The largest absolute Gasteiger partial charge is 0.309 e. The summed E-state index contributed by atoms with van der Waals surface area (Å²) in [5, 5.41) is 7.71. The minimum Gasteiger partial charge on any atom is -0.309 e. The number of hydrogen-bond donors (Lipinski definition) is 1. The van der Waals surface area contributed by atoms with E-state index in [2.05, 4.69) is 41.2 Å². The van der Waals surface area contributed by atoms with E-state index in [-0.39, 0.29) is 0 Å². The molecule has 2 heterocycles. The summed E-state index contributed by atoms with van der Waals surface area (Å²) in [7, 11) is 2.01. The summed E-state index contributed by atoms with van der Waals surface area (Å²) in [5.74, 6) is 0. The molecule has 1 atom stereocenters. The quantitative estimate of drug-likeness (QED) is 0.840. The number of nitrogens with one attached hydrogen (secondary N) is 1. The average molecular weight is 223 g/mol. The zero-order valence-electron chi connectivity index (χ0n) is 8.28. The molecule has 0 saturated heterocycles. The van der Waals surface area contributed by atoms with Gasteiger partial charge in [-0.25, -0.2) is 0 Å². The topological polar surface area (TPSA) is 12.0 Å². The van der Waals surface area contributed by atoms with Crippen molar-refractivity contribution >= 4 is 22.7 Å². The van der Waals surface area contributed by atoms with Crippen molar-refractivity contribution in [2.45, 2.75) is 13.0 Å². The van der Waals surface area contributed by atoms with Gasteiger partial charge < -0.3 is 5.32 Å². The van der Waals surface area contributed by atoms with Gasteiger partial charge in [0.05, 0.1) is 6.04 Å². The van der Waals surface area contributed by atoms with Crippen molar-refractivity contribution in [3.63, 3.8) is 0 Å². The molecule has 0 bridgehead atoms. The lowest BCUT2D eigenvalue weighted by Crippen LogP contribution is -2.15. The lowest BCUT2D eigenvalue weighted by molar-refractivity contribution is 0.706. The molecule has 0 radical (unpaired) electrons. The third-order valence-electron chi connectivity index (χ3n) is 2.20. The van der Waals surface area contributed by atoms with Crippen LogP contribution in [0.3, 0.4) is 0 Å². The molecule has 2 rings (SSSR count). The van der Waals surface area contributed by atoms with E-state index in [1.807, 2.05) is 18.4 Å². The first kappa shape index (κ1) is 9.90. The van der Waals surface area contributed by atoms with E-state index < -0.39 is 0 Å². The maximum absolute atomic E-state index is 3.35. The van der Waals surface area contributed by atoms with E-state index in [0.29, 0.717) is 6.04 Å². The Morgan fingerprint density at radius 3 is 2.71 bits per heavy atom. The van der Waals surface area contributed by atoms with Crippen molar-refractivity contribution in [2.24, 2.45) is 0 Å². The summed E-state index contributed by atoms with van der Waals surface area (Å²) in [5.41, 5.74) is 1.37. The van der Waals surface area contributed by atoms with E-state index in [9.17, 15) is 0 Å². The van der Waals surface area contributed by atoms with E-state index in [1.165, 1.54) is 15.3 Å². The second-order valence-corrected chi connectivity index (χ2v) is 5.32. The Hall–Kier alpha value is -0.640. The van der Waals surface area contributed by atoms with Gasteiger partial charge in [0.2, 0.25) is 0 Å². The first-order chi connectivity index (χ1) is 6.81. The first-order valence-corrected chi connectivity index (χ1v) is 6.33. The molecule has 3 heteroatoms. The van der Waals surface area contributed by atoms with E-state index in [4.69, 9.17) is 0 Å². The van der Waals surface area contributed by atoms with Crippen molar-refractivity contribution in [1.29, 1.82) is 0 Å². The van der Waals surface area contributed by atoms with Crippen LogP contribution in [0, 0.1) is 6.92 Å². The Bertz CT molecular complexity index is 389. The highest BCUT2D eigenvalue weighted by Gasteiger charge is 2.13. The molecule has 1 N–H and O–H groups in total. The van der Waals surface area contributed by atoms with Gasteiger partial charge in [0.15, 0.2) is 0 Å². The minimum absolute atomic E-state index is 0.361. The molecule has 2 aromatic heterocycles. The van der Waals surface area contributed by atoms with Gasteiger partial charge in [-0.2, -0.15) is 0 Å². The van der Waals surface area contributed by atoms with Crippen LogP contribution in [0.25, 0.3) is 0 Å². The molecule has 0 aliphatic carbocycles. The maximum atomic E-state index is 3.35. The van der Waals surface area contributed by atoms with Crippen LogP contribution < -0.4 is 5.32 Å². The summed E-state index contributed by atoms with van der Waals surface area (Å²) in [6, 6.07) is 6.90. The molecule has 0 saturated carbocycles. The molecule has 0 fully saturated rings. The summed E-state index contributed by atoms with van der Waals surface area (Å²) in [6.07, 6.45) is 0. The standard InChI is InChI=1S/C11H13NS2/c1-8-6-9(7-14-8)11(12-2)10-4-3-5-13-10/h3-7,11-12H,1-2H3. The minimum atomic E-state index is 0.361. The molecule has 14 heavy (non-hydrogen) atoms. The summed E-state index contributed by atoms with van der Waals surface area (Å²) < 4.78 is 0. The van der Waals surface area contributed by atoms with Crippen LogP contribution in [0.5, 0.6) is 0 Å². The molecule has 0 amide bonds. The maximum Gasteiger partial charge on any atom is 0.0676 e. The van der Waals surface area contributed by atoms with Gasteiger partial charge in [-0.3, -0.25) is 0 Å². The van der Waals surface area contributed by atoms with Crippen molar-refractivity contribution in [2.75, 3.05) is 7.05 Å². The fraction of sp³-hybridized carbons (Fsp3) is 0.273. The lowest BCUT2D eigenvalue weighted by atomic mass is 10.1. The van der Waals surface area contributed by atoms with Crippen LogP contribution in [-0.4, -0.2) is 7.05 Å². The zero-order chi connectivity index (χ0) is 9.97. The first-order valence-electron chi connectivity index (χ1n) is 4.57. The van der Waals surface area contributed by atoms with Crippen LogP contribution >= 0.6 is 22.7 Å². The van der Waals surface area contributed by atoms with Gasteiger partial charge >= 0.3 is 0 Å². The molecule has 1 unspecified atom stereocenters. The molecule has 0 aromatic carbocycles. The molecular formula is C11H13NS2. The molecule has 0 spiro atoms. The Morgan fingerprint density at radius 1 is 1.36 bits per heavy atom. The van der Waals surface area contributed by atoms with Crippen molar-refractivity contribution < 1.29 is 0 Å². The van der Waals surface area contributed by atoms with Gasteiger partial charge in [-0.05, 0) is 42.4 Å². The highest BCUT2D eigenvalue weighted by molar-refractivity contribution is 7.10. The van der Waals surface area contributed by atoms with Gasteiger partial charge in [0, 0.05) is 9.75 Å². The Balaban J connectivity index is 2.31. The second-order valence-electron chi connectivity index (χ2n) is 3.23.